The van der Waals surface area contributed by atoms with Crippen LogP contribution in [0.4, 0.5) is 0 Å². The number of hydrogen-bond donors (Lipinski definition) is 1. The van der Waals surface area contributed by atoms with Crippen molar-refractivity contribution in [3.63, 3.8) is 0 Å². The summed E-state index contributed by atoms with van der Waals surface area (Å²) in [5, 5.41) is 2.38. The maximum atomic E-state index is 5.77. The van der Waals surface area contributed by atoms with E-state index in [0.29, 0.717) is 5.92 Å². The smallest absolute Gasteiger partial charge is 0.119 e. The second-order valence-electron chi connectivity index (χ2n) is 4.31. The Hall–Kier alpha value is -1.22. The van der Waals surface area contributed by atoms with Crippen LogP contribution in [-0.4, -0.2) is 26.8 Å². The van der Waals surface area contributed by atoms with Crippen LogP contribution in [0.25, 0.3) is 0 Å². The van der Waals surface area contributed by atoms with Gasteiger partial charge in [0.1, 0.15) is 11.5 Å². The fraction of sp³-hybridized carbons (Fsp3) is 0.538. The fourth-order valence-electron chi connectivity index (χ4n) is 2.06. The number of rotatable bonds is 4. The first-order chi connectivity index (χ1) is 7.88. The van der Waals surface area contributed by atoms with Crippen molar-refractivity contribution in [1.82, 2.24) is 0 Å². The Morgan fingerprint density at radius 2 is 2.00 bits per heavy atom. The molecule has 0 unspecified atom stereocenters. The van der Waals surface area contributed by atoms with Crippen LogP contribution < -0.4 is 14.8 Å². The molecule has 3 heteroatoms. The molecule has 1 aliphatic heterocycles. The van der Waals surface area contributed by atoms with Crippen LogP contribution >= 0.6 is 0 Å². The van der Waals surface area contributed by atoms with E-state index in [1.165, 1.54) is 25.9 Å². The third-order valence-corrected chi connectivity index (χ3v) is 3.07. The lowest BCUT2D eigenvalue weighted by atomic mass is 10.0. The summed E-state index contributed by atoms with van der Waals surface area (Å²) >= 11 is 0. The summed E-state index contributed by atoms with van der Waals surface area (Å²) < 4.78 is 10.9. The highest BCUT2D eigenvalue weighted by molar-refractivity contribution is 5.31. The van der Waals surface area contributed by atoms with Gasteiger partial charge in [-0.2, -0.15) is 0 Å². The molecule has 88 valence electrons. The Labute approximate surface area is 96.8 Å². The van der Waals surface area contributed by atoms with Gasteiger partial charge in [0.05, 0.1) is 26.8 Å². The molecule has 1 heterocycles. The normalized spacial score (nSPS) is 20.4. The van der Waals surface area contributed by atoms with E-state index in [0.717, 1.165) is 18.1 Å². The zero-order chi connectivity index (χ0) is 11.2. The summed E-state index contributed by atoms with van der Waals surface area (Å²) in [6.07, 6.45) is 2.61. The van der Waals surface area contributed by atoms with Crippen molar-refractivity contribution < 1.29 is 14.8 Å². The number of quaternary nitrogens is 1. The van der Waals surface area contributed by atoms with Gasteiger partial charge in [0.2, 0.25) is 0 Å². The van der Waals surface area contributed by atoms with Crippen LogP contribution in [0, 0.1) is 5.92 Å². The van der Waals surface area contributed by atoms with E-state index < -0.39 is 0 Å². The molecule has 2 N–H and O–H groups in total. The minimum atomic E-state index is 0.704. The topological polar surface area (TPSA) is 35.1 Å². The molecule has 1 aliphatic rings. The minimum absolute atomic E-state index is 0.704. The molecule has 1 fully saturated rings. The highest BCUT2D eigenvalue weighted by Gasteiger charge is 2.16. The highest BCUT2D eigenvalue weighted by atomic mass is 16.5. The zero-order valence-electron chi connectivity index (χ0n) is 9.82. The number of methoxy groups -OCH3 is 1. The van der Waals surface area contributed by atoms with E-state index in [1.807, 2.05) is 24.3 Å². The van der Waals surface area contributed by atoms with Crippen molar-refractivity contribution in [2.45, 2.75) is 12.8 Å². The van der Waals surface area contributed by atoms with Gasteiger partial charge in [0.25, 0.3) is 0 Å². The predicted octanol–water partition coefficient (Wildman–Crippen LogP) is 1.05. The van der Waals surface area contributed by atoms with Crippen molar-refractivity contribution in [3.05, 3.63) is 24.3 Å². The lowest BCUT2D eigenvalue weighted by Crippen LogP contribution is -2.87. The first-order valence-electron chi connectivity index (χ1n) is 5.97. The van der Waals surface area contributed by atoms with Crippen LogP contribution in [-0.2, 0) is 0 Å². The molecule has 0 spiro atoms. The minimum Gasteiger partial charge on any atom is -0.497 e. The largest absolute Gasteiger partial charge is 0.497 e. The van der Waals surface area contributed by atoms with Gasteiger partial charge in [0, 0.05) is 5.92 Å². The van der Waals surface area contributed by atoms with E-state index in [2.05, 4.69) is 5.32 Å². The Bertz CT molecular complexity index is 304. The van der Waals surface area contributed by atoms with Gasteiger partial charge in [-0.3, -0.25) is 0 Å². The van der Waals surface area contributed by atoms with Crippen LogP contribution in [0.5, 0.6) is 11.5 Å². The Morgan fingerprint density at radius 3 is 2.62 bits per heavy atom. The number of ether oxygens (including phenoxy) is 2. The Morgan fingerprint density at radius 1 is 1.25 bits per heavy atom. The lowest BCUT2D eigenvalue weighted by Gasteiger charge is -2.20. The first kappa shape index (κ1) is 11.3. The average molecular weight is 222 g/mol. The second kappa shape index (κ2) is 5.75. The molecule has 0 aliphatic carbocycles. The summed E-state index contributed by atoms with van der Waals surface area (Å²) in [5.74, 6) is 2.51. The summed E-state index contributed by atoms with van der Waals surface area (Å²) in [6.45, 7) is 3.32. The number of hydrogen-bond acceptors (Lipinski definition) is 2. The van der Waals surface area contributed by atoms with Gasteiger partial charge < -0.3 is 14.8 Å². The third-order valence-electron chi connectivity index (χ3n) is 3.07. The van der Waals surface area contributed by atoms with E-state index in [9.17, 15) is 0 Å². The molecule has 1 saturated heterocycles. The van der Waals surface area contributed by atoms with Crippen LogP contribution in [0.15, 0.2) is 24.3 Å². The van der Waals surface area contributed by atoms with Gasteiger partial charge in [-0.25, -0.2) is 0 Å². The molecule has 0 radical (unpaired) electrons. The number of nitrogens with two attached hydrogens (primary N) is 1. The maximum absolute atomic E-state index is 5.77. The van der Waals surface area contributed by atoms with E-state index in [-0.39, 0.29) is 0 Å². The maximum Gasteiger partial charge on any atom is 0.119 e. The summed E-state index contributed by atoms with van der Waals surface area (Å²) in [7, 11) is 1.67. The van der Waals surface area contributed by atoms with Crippen molar-refractivity contribution in [3.8, 4) is 11.5 Å². The van der Waals surface area contributed by atoms with Crippen molar-refractivity contribution >= 4 is 0 Å². The van der Waals surface area contributed by atoms with Gasteiger partial charge >= 0.3 is 0 Å². The van der Waals surface area contributed by atoms with E-state index in [4.69, 9.17) is 9.47 Å². The van der Waals surface area contributed by atoms with Crippen molar-refractivity contribution in [2.75, 3.05) is 26.8 Å². The number of piperidine rings is 1. The molecule has 0 saturated carbocycles. The second-order valence-corrected chi connectivity index (χ2v) is 4.31. The number of benzene rings is 1. The predicted molar refractivity (Wildman–Crippen MR) is 62.9 cm³/mol. The van der Waals surface area contributed by atoms with E-state index >= 15 is 0 Å². The summed E-state index contributed by atoms with van der Waals surface area (Å²) in [6, 6.07) is 7.79. The van der Waals surface area contributed by atoms with Crippen LogP contribution in [0.1, 0.15) is 12.8 Å². The Kier molecular flexibility index (Phi) is 4.05. The Balaban J connectivity index is 1.79. The fourth-order valence-corrected chi connectivity index (χ4v) is 2.06. The molecule has 0 bridgehead atoms. The van der Waals surface area contributed by atoms with Gasteiger partial charge in [-0.15, -0.1) is 0 Å². The SMILES string of the molecule is COc1ccc(OC[C@H]2CCC[NH2+]C2)cc1. The van der Waals surface area contributed by atoms with Crippen molar-refractivity contribution in [2.24, 2.45) is 5.92 Å². The zero-order valence-corrected chi connectivity index (χ0v) is 9.82. The van der Waals surface area contributed by atoms with Gasteiger partial charge in [0.15, 0.2) is 0 Å². The lowest BCUT2D eigenvalue weighted by molar-refractivity contribution is -0.669. The summed E-state index contributed by atoms with van der Waals surface area (Å²) in [4.78, 5) is 0. The summed E-state index contributed by atoms with van der Waals surface area (Å²) in [5.41, 5.74) is 0. The molecule has 16 heavy (non-hydrogen) atoms. The molecule has 0 aromatic heterocycles. The molecule has 1 aromatic rings. The molecule has 0 amide bonds. The average Bonchev–Trinajstić information content (AvgIpc) is 2.38. The molecule has 1 aromatic carbocycles. The molecular weight excluding hydrogens is 202 g/mol. The monoisotopic (exact) mass is 222 g/mol. The molecule has 3 nitrogen and oxygen atoms in total. The van der Waals surface area contributed by atoms with Gasteiger partial charge in [-0.05, 0) is 37.1 Å². The van der Waals surface area contributed by atoms with Crippen LogP contribution in [0.3, 0.4) is 0 Å². The van der Waals surface area contributed by atoms with Gasteiger partial charge in [-0.1, -0.05) is 0 Å². The molecular formula is C13H20NO2+. The highest BCUT2D eigenvalue weighted by Crippen LogP contribution is 2.18. The third kappa shape index (κ3) is 3.14. The van der Waals surface area contributed by atoms with Crippen LogP contribution in [0.2, 0.25) is 0 Å². The van der Waals surface area contributed by atoms with Crippen molar-refractivity contribution in [1.29, 1.82) is 0 Å². The molecule has 1 atom stereocenters. The standard InChI is InChI=1S/C13H19NO2/c1-15-12-4-6-13(7-5-12)16-10-11-3-2-8-14-9-11/h4-7,11,14H,2-3,8-10H2,1H3/p+1/t11-/m0/s1. The van der Waals surface area contributed by atoms with E-state index in [1.54, 1.807) is 7.11 Å². The first-order valence-corrected chi connectivity index (χ1v) is 5.97. The quantitative estimate of drug-likeness (QED) is 0.826. The molecule has 2 rings (SSSR count).